The summed E-state index contributed by atoms with van der Waals surface area (Å²) in [6, 6.07) is 3.70. The lowest BCUT2D eigenvalue weighted by molar-refractivity contribution is 0.219. The number of carbonyl (C=O) groups excluding carboxylic acids is 1. The van der Waals surface area contributed by atoms with Gasteiger partial charge in [-0.1, -0.05) is 0 Å². The molecule has 0 radical (unpaired) electrons. The number of hydrogen-bond acceptors (Lipinski definition) is 4. The minimum atomic E-state index is -0.205. The number of nitrogens with one attached hydrogen (secondary N) is 2. The molecule has 1 fully saturated rings. The zero-order chi connectivity index (χ0) is 15.8. The third-order valence-corrected chi connectivity index (χ3v) is 4.13. The van der Waals surface area contributed by atoms with Crippen LogP contribution >= 0.6 is 0 Å². The van der Waals surface area contributed by atoms with Gasteiger partial charge in [0.25, 0.3) is 0 Å². The number of pyridine rings is 1. The standard InChI is InChI=1S/C16H26N4O2/c1-13(12-21)19-16(22)18-9-2-14-5-10-20(11-6-14)15-3-7-17-8-4-15/h3-4,7-8,13-14,21H,2,5-6,9-12H2,1H3,(H2,18,19,22)/t13-/m0/s1. The number of aromatic nitrogens is 1. The number of hydrogen-bond donors (Lipinski definition) is 3. The quantitative estimate of drug-likeness (QED) is 0.742. The highest BCUT2D eigenvalue weighted by molar-refractivity contribution is 5.74. The molecule has 0 unspecified atom stereocenters. The van der Waals surface area contributed by atoms with Gasteiger partial charge in [0.05, 0.1) is 12.6 Å². The van der Waals surface area contributed by atoms with E-state index in [1.807, 2.05) is 12.4 Å². The van der Waals surface area contributed by atoms with E-state index in [1.165, 1.54) is 5.69 Å². The van der Waals surface area contributed by atoms with Gasteiger partial charge in [-0.3, -0.25) is 4.98 Å². The van der Waals surface area contributed by atoms with Crippen LogP contribution in [0.3, 0.4) is 0 Å². The Morgan fingerprint density at radius 3 is 2.73 bits per heavy atom. The fourth-order valence-corrected chi connectivity index (χ4v) is 2.74. The molecule has 1 aromatic rings. The predicted molar refractivity (Wildman–Crippen MR) is 86.9 cm³/mol. The zero-order valence-electron chi connectivity index (χ0n) is 13.2. The number of anilines is 1. The summed E-state index contributed by atoms with van der Waals surface area (Å²) in [7, 11) is 0. The van der Waals surface area contributed by atoms with Gasteiger partial charge in [-0.05, 0) is 44.2 Å². The largest absolute Gasteiger partial charge is 0.394 e. The Morgan fingerprint density at radius 1 is 1.41 bits per heavy atom. The fraction of sp³-hybridized carbons (Fsp3) is 0.625. The van der Waals surface area contributed by atoms with E-state index in [9.17, 15) is 4.79 Å². The summed E-state index contributed by atoms with van der Waals surface area (Å²) in [6.45, 7) is 4.53. The van der Waals surface area contributed by atoms with E-state index in [0.29, 0.717) is 12.5 Å². The molecule has 2 amide bonds. The smallest absolute Gasteiger partial charge is 0.315 e. The van der Waals surface area contributed by atoms with Crippen LogP contribution in [0.25, 0.3) is 0 Å². The van der Waals surface area contributed by atoms with Crippen molar-refractivity contribution in [2.45, 2.75) is 32.2 Å². The van der Waals surface area contributed by atoms with Crippen molar-refractivity contribution in [2.75, 3.05) is 31.1 Å². The van der Waals surface area contributed by atoms with Crippen LogP contribution in [-0.4, -0.2) is 48.4 Å². The lowest BCUT2D eigenvalue weighted by Gasteiger charge is -2.33. The molecule has 2 rings (SSSR count). The van der Waals surface area contributed by atoms with Crippen LogP contribution in [0.4, 0.5) is 10.5 Å². The van der Waals surface area contributed by atoms with Crippen LogP contribution in [0.5, 0.6) is 0 Å². The summed E-state index contributed by atoms with van der Waals surface area (Å²) < 4.78 is 0. The Bertz CT molecular complexity index is 447. The molecule has 1 aromatic heterocycles. The van der Waals surface area contributed by atoms with Crippen LogP contribution in [-0.2, 0) is 0 Å². The minimum Gasteiger partial charge on any atom is -0.394 e. The molecule has 22 heavy (non-hydrogen) atoms. The molecule has 2 heterocycles. The van der Waals surface area contributed by atoms with Gasteiger partial charge in [-0.2, -0.15) is 0 Å². The highest BCUT2D eigenvalue weighted by Gasteiger charge is 2.19. The van der Waals surface area contributed by atoms with Crippen molar-refractivity contribution in [3.63, 3.8) is 0 Å². The lowest BCUT2D eigenvalue weighted by atomic mass is 9.93. The van der Waals surface area contributed by atoms with E-state index in [0.717, 1.165) is 32.4 Å². The van der Waals surface area contributed by atoms with Crippen molar-refractivity contribution in [2.24, 2.45) is 5.92 Å². The van der Waals surface area contributed by atoms with Gasteiger partial charge in [0.15, 0.2) is 0 Å². The summed E-state index contributed by atoms with van der Waals surface area (Å²) in [4.78, 5) is 18.0. The maximum absolute atomic E-state index is 11.5. The topological polar surface area (TPSA) is 77.5 Å². The van der Waals surface area contributed by atoms with Crippen molar-refractivity contribution in [3.8, 4) is 0 Å². The summed E-state index contributed by atoms with van der Waals surface area (Å²) in [6.07, 6.45) is 6.97. The molecule has 1 saturated heterocycles. The number of nitrogens with zero attached hydrogens (tertiary/aromatic N) is 2. The molecule has 3 N–H and O–H groups in total. The fourth-order valence-electron chi connectivity index (χ4n) is 2.74. The number of rotatable bonds is 6. The van der Waals surface area contributed by atoms with Crippen LogP contribution in [0.2, 0.25) is 0 Å². The summed E-state index contributed by atoms with van der Waals surface area (Å²) in [5, 5.41) is 14.4. The van der Waals surface area contributed by atoms with Crippen molar-refractivity contribution in [1.82, 2.24) is 15.6 Å². The molecular formula is C16H26N4O2. The SMILES string of the molecule is C[C@@H](CO)NC(=O)NCCC1CCN(c2ccncc2)CC1. The molecule has 0 aliphatic carbocycles. The lowest BCUT2D eigenvalue weighted by Crippen LogP contribution is -2.43. The number of aliphatic hydroxyl groups is 1. The first-order chi connectivity index (χ1) is 10.7. The van der Waals surface area contributed by atoms with Crippen LogP contribution in [0, 0.1) is 5.92 Å². The zero-order valence-corrected chi connectivity index (χ0v) is 13.2. The summed E-state index contributed by atoms with van der Waals surface area (Å²) in [5.41, 5.74) is 1.24. The average Bonchev–Trinajstić information content (AvgIpc) is 2.56. The first-order valence-electron chi connectivity index (χ1n) is 7.99. The second-order valence-corrected chi connectivity index (χ2v) is 5.91. The minimum absolute atomic E-state index is 0.0408. The van der Waals surface area contributed by atoms with Gasteiger partial charge in [0, 0.05) is 37.7 Å². The van der Waals surface area contributed by atoms with Crippen LogP contribution in [0.15, 0.2) is 24.5 Å². The van der Waals surface area contributed by atoms with E-state index < -0.39 is 0 Å². The maximum Gasteiger partial charge on any atom is 0.315 e. The van der Waals surface area contributed by atoms with Crippen molar-refractivity contribution < 1.29 is 9.90 Å². The Balaban J connectivity index is 1.63. The van der Waals surface area contributed by atoms with Crippen molar-refractivity contribution in [3.05, 3.63) is 24.5 Å². The number of aliphatic hydroxyl groups excluding tert-OH is 1. The van der Waals surface area contributed by atoms with E-state index in [4.69, 9.17) is 5.11 Å². The second kappa shape index (κ2) is 8.58. The number of piperidine rings is 1. The van der Waals surface area contributed by atoms with Gasteiger partial charge in [0.1, 0.15) is 0 Å². The molecular weight excluding hydrogens is 280 g/mol. The molecule has 6 nitrogen and oxygen atoms in total. The predicted octanol–water partition coefficient (Wildman–Crippen LogP) is 1.37. The van der Waals surface area contributed by atoms with Gasteiger partial charge >= 0.3 is 6.03 Å². The molecule has 0 bridgehead atoms. The van der Waals surface area contributed by atoms with Crippen molar-refractivity contribution >= 4 is 11.7 Å². The van der Waals surface area contributed by atoms with E-state index in [2.05, 4.69) is 32.7 Å². The average molecular weight is 306 g/mol. The number of carbonyl (C=O) groups is 1. The normalized spacial score (nSPS) is 17.1. The Labute approximate surface area is 131 Å². The van der Waals surface area contributed by atoms with Crippen LogP contribution < -0.4 is 15.5 Å². The van der Waals surface area contributed by atoms with Gasteiger partial charge in [-0.15, -0.1) is 0 Å². The van der Waals surface area contributed by atoms with Gasteiger partial charge < -0.3 is 20.6 Å². The Morgan fingerprint density at radius 2 is 2.09 bits per heavy atom. The maximum atomic E-state index is 11.5. The van der Waals surface area contributed by atoms with Gasteiger partial charge in [0.2, 0.25) is 0 Å². The molecule has 1 aliphatic heterocycles. The second-order valence-electron chi connectivity index (χ2n) is 5.91. The molecule has 1 aliphatic rings. The molecule has 1 atom stereocenters. The highest BCUT2D eigenvalue weighted by Crippen LogP contribution is 2.24. The Kier molecular flexibility index (Phi) is 6.45. The highest BCUT2D eigenvalue weighted by atomic mass is 16.3. The van der Waals surface area contributed by atoms with E-state index >= 15 is 0 Å². The van der Waals surface area contributed by atoms with Crippen LogP contribution in [0.1, 0.15) is 26.2 Å². The summed E-state index contributed by atoms with van der Waals surface area (Å²) >= 11 is 0. The Hall–Kier alpha value is -1.82. The van der Waals surface area contributed by atoms with Gasteiger partial charge in [-0.25, -0.2) is 4.79 Å². The molecule has 6 heteroatoms. The molecule has 0 spiro atoms. The molecule has 0 saturated carbocycles. The molecule has 0 aromatic carbocycles. The first kappa shape index (κ1) is 16.5. The van der Waals surface area contributed by atoms with E-state index in [1.54, 1.807) is 6.92 Å². The monoisotopic (exact) mass is 306 g/mol. The van der Waals surface area contributed by atoms with Crippen molar-refractivity contribution in [1.29, 1.82) is 0 Å². The summed E-state index contributed by atoms with van der Waals surface area (Å²) in [5.74, 6) is 0.661. The van der Waals surface area contributed by atoms with E-state index in [-0.39, 0.29) is 18.7 Å². The third kappa shape index (κ3) is 5.18. The first-order valence-corrected chi connectivity index (χ1v) is 7.99. The molecule has 122 valence electrons. The number of amides is 2. The number of urea groups is 1. The third-order valence-electron chi connectivity index (χ3n) is 4.13.